The van der Waals surface area contributed by atoms with Gasteiger partial charge in [0.25, 0.3) is 5.91 Å². The fourth-order valence-electron chi connectivity index (χ4n) is 3.58. The molecule has 0 saturated heterocycles. The Labute approximate surface area is 198 Å². The minimum absolute atomic E-state index is 0.101. The summed E-state index contributed by atoms with van der Waals surface area (Å²) in [5.41, 5.74) is 3.04. The number of hydrogen-bond acceptors (Lipinski definition) is 4. The SMILES string of the molecule is Cc1cccc(C[C@H](NC(=O)CC(NC(=O)c2ccccc2)c2cccc(Cl)c2)B(O)O)c1. The predicted octanol–water partition coefficient (Wildman–Crippen LogP) is 3.25. The summed E-state index contributed by atoms with van der Waals surface area (Å²) in [6, 6.07) is 22.6. The number of amides is 2. The van der Waals surface area contributed by atoms with Gasteiger partial charge in [-0.25, -0.2) is 0 Å². The summed E-state index contributed by atoms with van der Waals surface area (Å²) in [7, 11) is -1.74. The van der Waals surface area contributed by atoms with Crippen LogP contribution in [0.15, 0.2) is 78.9 Å². The standard InChI is InChI=1S/C25H26BClN2O4/c1-17-7-5-8-18(13-17)14-23(26(32)33)29-24(30)16-22(20-11-6-12-21(27)15-20)28-25(31)19-9-3-2-4-10-19/h2-13,15,22-23,32-33H,14,16H2,1H3,(H,28,31)(H,29,30)/t22?,23-/m0/s1. The van der Waals surface area contributed by atoms with E-state index >= 15 is 0 Å². The van der Waals surface area contributed by atoms with Crippen LogP contribution < -0.4 is 10.6 Å². The van der Waals surface area contributed by atoms with Crippen molar-refractivity contribution in [3.05, 3.63) is 106 Å². The molecule has 0 aliphatic heterocycles. The number of benzene rings is 3. The number of aryl methyl sites for hydroxylation is 1. The largest absolute Gasteiger partial charge is 0.475 e. The van der Waals surface area contributed by atoms with E-state index in [0.717, 1.165) is 11.1 Å². The molecule has 3 rings (SSSR count). The van der Waals surface area contributed by atoms with E-state index in [1.54, 1.807) is 48.5 Å². The van der Waals surface area contributed by atoms with Crippen molar-refractivity contribution in [1.82, 2.24) is 10.6 Å². The van der Waals surface area contributed by atoms with Crippen LogP contribution in [0.2, 0.25) is 5.02 Å². The van der Waals surface area contributed by atoms with Crippen LogP contribution in [0, 0.1) is 6.92 Å². The lowest BCUT2D eigenvalue weighted by Gasteiger charge is -2.22. The molecule has 0 saturated carbocycles. The molecule has 0 aliphatic rings. The Morgan fingerprint density at radius 1 is 0.939 bits per heavy atom. The van der Waals surface area contributed by atoms with Crippen molar-refractivity contribution in [1.29, 1.82) is 0 Å². The summed E-state index contributed by atoms with van der Waals surface area (Å²) in [5, 5.41) is 25.7. The van der Waals surface area contributed by atoms with Gasteiger partial charge in [0.05, 0.1) is 18.4 Å². The first-order valence-electron chi connectivity index (χ1n) is 10.6. The topological polar surface area (TPSA) is 98.7 Å². The number of nitrogens with one attached hydrogen (secondary N) is 2. The smallest absolute Gasteiger partial charge is 0.426 e. The first kappa shape index (κ1) is 24.5. The van der Waals surface area contributed by atoms with E-state index in [1.165, 1.54) is 0 Å². The number of hydrogen-bond donors (Lipinski definition) is 4. The summed E-state index contributed by atoms with van der Waals surface area (Å²) in [5.74, 6) is -1.66. The second kappa shape index (κ2) is 11.7. The predicted molar refractivity (Wildman–Crippen MR) is 130 cm³/mol. The highest BCUT2D eigenvalue weighted by atomic mass is 35.5. The van der Waals surface area contributed by atoms with Crippen molar-refractivity contribution >= 4 is 30.5 Å². The molecule has 3 aromatic rings. The molecule has 3 aromatic carbocycles. The van der Waals surface area contributed by atoms with Crippen LogP contribution >= 0.6 is 11.6 Å². The molecule has 0 fully saturated rings. The van der Waals surface area contributed by atoms with Gasteiger partial charge in [0.1, 0.15) is 0 Å². The summed E-state index contributed by atoms with van der Waals surface area (Å²) in [6.45, 7) is 1.94. The molecule has 0 aromatic heterocycles. The van der Waals surface area contributed by atoms with E-state index in [4.69, 9.17) is 11.6 Å². The molecular weight excluding hydrogens is 439 g/mol. The van der Waals surface area contributed by atoms with E-state index in [2.05, 4.69) is 10.6 Å². The van der Waals surface area contributed by atoms with Gasteiger partial charge in [-0.1, -0.05) is 71.8 Å². The third kappa shape index (κ3) is 7.46. The van der Waals surface area contributed by atoms with Crippen LogP contribution in [0.5, 0.6) is 0 Å². The van der Waals surface area contributed by atoms with Crippen molar-refractivity contribution in [2.75, 3.05) is 0 Å². The third-order valence-electron chi connectivity index (χ3n) is 5.23. The summed E-state index contributed by atoms with van der Waals surface area (Å²) < 4.78 is 0. The van der Waals surface area contributed by atoms with E-state index in [-0.39, 0.29) is 18.7 Å². The van der Waals surface area contributed by atoms with Crippen molar-refractivity contribution in [2.24, 2.45) is 0 Å². The Morgan fingerprint density at radius 2 is 1.67 bits per heavy atom. The molecule has 8 heteroatoms. The fourth-order valence-corrected chi connectivity index (χ4v) is 3.78. The lowest BCUT2D eigenvalue weighted by atomic mass is 9.75. The van der Waals surface area contributed by atoms with Gasteiger partial charge in [-0.2, -0.15) is 0 Å². The highest BCUT2D eigenvalue weighted by Gasteiger charge is 2.27. The van der Waals surface area contributed by atoms with Crippen LogP contribution in [0.1, 0.15) is 39.5 Å². The first-order chi connectivity index (χ1) is 15.8. The molecule has 170 valence electrons. The van der Waals surface area contributed by atoms with Crippen molar-refractivity contribution in [3.8, 4) is 0 Å². The number of rotatable bonds is 9. The average Bonchev–Trinajstić information content (AvgIpc) is 2.78. The fraction of sp³-hybridized carbons (Fsp3) is 0.200. The lowest BCUT2D eigenvalue weighted by Crippen LogP contribution is -2.48. The molecule has 0 spiro atoms. The Kier molecular flexibility index (Phi) is 8.66. The Balaban J connectivity index is 1.74. The molecule has 6 nitrogen and oxygen atoms in total. The zero-order valence-electron chi connectivity index (χ0n) is 18.2. The Hall–Kier alpha value is -3.13. The number of carbonyl (C=O) groups excluding carboxylic acids is 2. The Bertz CT molecular complexity index is 1090. The Morgan fingerprint density at radius 3 is 2.33 bits per heavy atom. The van der Waals surface area contributed by atoms with Crippen LogP contribution in [-0.4, -0.2) is 34.9 Å². The van der Waals surface area contributed by atoms with Gasteiger partial charge < -0.3 is 20.7 Å². The summed E-state index contributed by atoms with van der Waals surface area (Å²) in [4.78, 5) is 25.6. The minimum Gasteiger partial charge on any atom is -0.426 e. The van der Waals surface area contributed by atoms with Crippen LogP contribution in [0.3, 0.4) is 0 Å². The zero-order chi connectivity index (χ0) is 23.8. The maximum atomic E-state index is 12.9. The number of carbonyl (C=O) groups is 2. The quantitative estimate of drug-likeness (QED) is 0.365. The molecular formula is C25H26BClN2O4. The van der Waals surface area contributed by atoms with E-state index in [9.17, 15) is 19.6 Å². The summed E-state index contributed by atoms with van der Waals surface area (Å²) in [6.07, 6.45) is 0.152. The van der Waals surface area contributed by atoms with Crippen molar-refractivity contribution < 1.29 is 19.6 Å². The molecule has 2 amide bonds. The molecule has 2 atom stereocenters. The van der Waals surface area contributed by atoms with Gasteiger partial charge in [0.2, 0.25) is 5.91 Å². The molecule has 0 aliphatic carbocycles. The molecule has 4 N–H and O–H groups in total. The van der Waals surface area contributed by atoms with E-state index in [0.29, 0.717) is 16.1 Å². The minimum atomic E-state index is -1.74. The second-order valence-corrected chi connectivity index (χ2v) is 8.37. The average molecular weight is 465 g/mol. The van der Waals surface area contributed by atoms with Crippen LogP contribution in [-0.2, 0) is 11.2 Å². The monoisotopic (exact) mass is 464 g/mol. The molecule has 0 radical (unpaired) electrons. The van der Waals surface area contributed by atoms with Gasteiger partial charge in [0, 0.05) is 10.6 Å². The molecule has 0 bridgehead atoms. The maximum Gasteiger partial charge on any atom is 0.475 e. The highest BCUT2D eigenvalue weighted by molar-refractivity contribution is 6.43. The van der Waals surface area contributed by atoms with Gasteiger partial charge in [-0.05, 0) is 48.7 Å². The van der Waals surface area contributed by atoms with Crippen LogP contribution in [0.4, 0.5) is 0 Å². The highest BCUT2D eigenvalue weighted by Crippen LogP contribution is 2.21. The van der Waals surface area contributed by atoms with E-state index < -0.39 is 25.0 Å². The molecule has 33 heavy (non-hydrogen) atoms. The van der Waals surface area contributed by atoms with Gasteiger partial charge in [-0.15, -0.1) is 0 Å². The maximum absolute atomic E-state index is 12.9. The second-order valence-electron chi connectivity index (χ2n) is 7.93. The van der Waals surface area contributed by atoms with Gasteiger partial charge in [0.15, 0.2) is 0 Å². The van der Waals surface area contributed by atoms with Crippen molar-refractivity contribution in [3.63, 3.8) is 0 Å². The van der Waals surface area contributed by atoms with E-state index in [1.807, 2.05) is 37.3 Å². The molecule has 1 unspecified atom stereocenters. The molecule has 0 heterocycles. The van der Waals surface area contributed by atoms with Gasteiger partial charge >= 0.3 is 7.12 Å². The normalized spacial score (nSPS) is 12.5. The van der Waals surface area contributed by atoms with Crippen molar-refractivity contribution in [2.45, 2.75) is 31.7 Å². The lowest BCUT2D eigenvalue weighted by molar-refractivity contribution is -0.122. The first-order valence-corrected chi connectivity index (χ1v) is 11.0. The van der Waals surface area contributed by atoms with Crippen LogP contribution in [0.25, 0.3) is 0 Å². The number of halogens is 1. The third-order valence-corrected chi connectivity index (χ3v) is 5.46. The summed E-state index contributed by atoms with van der Waals surface area (Å²) >= 11 is 6.13. The zero-order valence-corrected chi connectivity index (χ0v) is 19.0. The van der Waals surface area contributed by atoms with Gasteiger partial charge in [-0.3, -0.25) is 9.59 Å².